The quantitative estimate of drug-likeness (QED) is 0.305. The molecule has 0 bridgehead atoms. The fraction of sp³-hybridized carbons (Fsp3) is 0.455. The minimum absolute atomic E-state index is 0.0167. The molecular weight excluding hydrogens is 433 g/mol. The van der Waals surface area contributed by atoms with Gasteiger partial charge >= 0.3 is 6.18 Å². The molecule has 172 valence electrons. The lowest BCUT2D eigenvalue weighted by Gasteiger charge is -2.21. The maximum atomic E-state index is 13.3. The number of hydrogen-bond donors (Lipinski definition) is 0. The van der Waals surface area contributed by atoms with Gasteiger partial charge in [-0.1, -0.05) is 42.7 Å². The Morgan fingerprint density at radius 3 is 2.00 bits per heavy atom. The van der Waals surface area contributed by atoms with E-state index in [1.807, 2.05) is 6.92 Å². The SMILES string of the molecule is COc1ccc([C@@H](OCCCCCCOS(=O)(=O)c2ccc(C)cc2)C(F)(F)F)cc1. The van der Waals surface area contributed by atoms with Crippen LogP contribution in [0.15, 0.2) is 53.4 Å². The van der Waals surface area contributed by atoms with Gasteiger partial charge in [-0.2, -0.15) is 21.6 Å². The smallest absolute Gasteiger partial charge is 0.418 e. The van der Waals surface area contributed by atoms with Crippen molar-refractivity contribution in [3.63, 3.8) is 0 Å². The molecule has 2 aromatic carbocycles. The van der Waals surface area contributed by atoms with E-state index in [9.17, 15) is 21.6 Å². The van der Waals surface area contributed by atoms with Crippen molar-refractivity contribution < 1.29 is 35.2 Å². The third kappa shape index (κ3) is 8.16. The Balaban J connectivity index is 1.69. The second kappa shape index (κ2) is 11.5. The number of ether oxygens (including phenoxy) is 2. The number of rotatable bonds is 12. The third-order valence-corrected chi connectivity index (χ3v) is 5.91. The van der Waals surface area contributed by atoms with Crippen LogP contribution >= 0.6 is 0 Å². The normalized spacial score (nSPS) is 13.2. The summed E-state index contributed by atoms with van der Waals surface area (Å²) < 4.78 is 79.1. The number of alkyl halides is 3. The molecule has 0 saturated heterocycles. The van der Waals surface area contributed by atoms with Gasteiger partial charge < -0.3 is 9.47 Å². The van der Waals surface area contributed by atoms with Crippen molar-refractivity contribution in [3.8, 4) is 5.75 Å². The van der Waals surface area contributed by atoms with Gasteiger partial charge in [0.15, 0.2) is 6.10 Å². The van der Waals surface area contributed by atoms with E-state index in [1.165, 1.54) is 43.5 Å². The van der Waals surface area contributed by atoms with Crippen LogP contribution in [0, 0.1) is 6.92 Å². The van der Waals surface area contributed by atoms with Crippen LogP contribution in [0.1, 0.15) is 42.9 Å². The average Bonchev–Trinajstić information content (AvgIpc) is 2.72. The molecule has 0 aliphatic carbocycles. The lowest BCUT2D eigenvalue weighted by atomic mass is 10.1. The molecule has 0 heterocycles. The number of hydrogen-bond acceptors (Lipinski definition) is 5. The van der Waals surface area contributed by atoms with E-state index in [1.54, 1.807) is 12.1 Å². The molecule has 5 nitrogen and oxygen atoms in total. The summed E-state index contributed by atoms with van der Waals surface area (Å²) in [5.41, 5.74) is 0.962. The molecule has 0 aliphatic rings. The van der Waals surface area contributed by atoms with Crippen molar-refractivity contribution in [3.05, 3.63) is 59.7 Å². The lowest BCUT2D eigenvalue weighted by Crippen LogP contribution is -2.24. The first-order valence-corrected chi connectivity index (χ1v) is 11.3. The Kier molecular flexibility index (Phi) is 9.33. The average molecular weight is 461 g/mol. The predicted octanol–water partition coefficient (Wildman–Crippen LogP) is 5.59. The maximum Gasteiger partial charge on any atom is 0.418 e. The first-order chi connectivity index (χ1) is 14.6. The molecule has 0 fully saturated rings. The molecule has 31 heavy (non-hydrogen) atoms. The van der Waals surface area contributed by atoms with Gasteiger partial charge in [0, 0.05) is 6.61 Å². The van der Waals surface area contributed by atoms with E-state index in [0.29, 0.717) is 31.4 Å². The lowest BCUT2D eigenvalue weighted by molar-refractivity contribution is -0.224. The molecule has 0 aliphatic heterocycles. The van der Waals surface area contributed by atoms with Crippen molar-refractivity contribution in [1.29, 1.82) is 0 Å². The molecule has 0 saturated carbocycles. The summed E-state index contributed by atoms with van der Waals surface area (Å²) in [5.74, 6) is 0.469. The zero-order chi connectivity index (χ0) is 22.9. The fourth-order valence-electron chi connectivity index (χ4n) is 2.86. The molecule has 0 spiro atoms. The van der Waals surface area contributed by atoms with Gasteiger partial charge in [0.25, 0.3) is 10.1 Å². The van der Waals surface area contributed by atoms with E-state index in [-0.39, 0.29) is 23.7 Å². The highest BCUT2D eigenvalue weighted by atomic mass is 32.2. The van der Waals surface area contributed by atoms with Crippen LogP contribution in [0.4, 0.5) is 13.2 Å². The minimum Gasteiger partial charge on any atom is -0.497 e. The minimum atomic E-state index is -4.52. The van der Waals surface area contributed by atoms with Crippen LogP contribution in [0.5, 0.6) is 5.75 Å². The second-order valence-electron chi connectivity index (χ2n) is 7.07. The number of methoxy groups -OCH3 is 1. The van der Waals surface area contributed by atoms with Crippen molar-refractivity contribution >= 4 is 10.1 Å². The number of unbranched alkanes of at least 4 members (excludes halogenated alkanes) is 3. The van der Waals surface area contributed by atoms with Gasteiger partial charge in [0.05, 0.1) is 18.6 Å². The van der Waals surface area contributed by atoms with Gasteiger partial charge in [-0.3, -0.25) is 4.18 Å². The summed E-state index contributed by atoms with van der Waals surface area (Å²) in [7, 11) is -2.36. The summed E-state index contributed by atoms with van der Waals surface area (Å²) in [6.07, 6.45) is -4.40. The highest BCUT2D eigenvalue weighted by Crippen LogP contribution is 2.36. The highest BCUT2D eigenvalue weighted by molar-refractivity contribution is 7.86. The molecule has 1 atom stereocenters. The number of benzene rings is 2. The van der Waals surface area contributed by atoms with Gasteiger partial charge in [-0.15, -0.1) is 0 Å². The Bertz CT molecular complexity index is 894. The molecule has 0 aromatic heterocycles. The summed E-state index contributed by atoms with van der Waals surface area (Å²) in [6.45, 7) is 1.82. The molecule has 0 N–H and O–H groups in total. The fourth-order valence-corrected chi connectivity index (χ4v) is 3.80. The maximum absolute atomic E-state index is 13.3. The van der Waals surface area contributed by atoms with Crippen LogP contribution in [0.3, 0.4) is 0 Å². The van der Waals surface area contributed by atoms with Gasteiger partial charge in [-0.25, -0.2) is 0 Å². The van der Waals surface area contributed by atoms with Crippen LogP contribution in [-0.2, 0) is 19.0 Å². The molecule has 2 rings (SSSR count). The molecule has 0 unspecified atom stereocenters. The first kappa shape index (κ1) is 25.2. The van der Waals surface area contributed by atoms with E-state index in [2.05, 4.69) is 0 Å². The molecule has 9 heteroatoms. The zero-order valence-electron chi connectivity index (χ0n) is 17.5. The Labute approximate surface area is 181 Å². The number of aryl methyl sites for hydroxylation is 1. The third-order valence-electron chi connectivity index (χ3n) is 4.59. The van der Waals surface area contributed by atoms with Gasteiger partial charge in [-0.05, 0) is 49.6 Å². The topological polar surface area (TPSA) is 61.8 Å². The van der Waals surface area contributed by atoms with E-state index in [4.69, 9.17) is 13.7 Å². The summed E-state index contributed by atoms with van der Waals surface area (Å²) in [4.78, 5) is 0.100. The van der Waals surface area contributed by atoms with Crippen molar-refractivity contribution in [2.24, 2.45) is 0 Å². The molecule has 2 aromatic rings. The zero-order valence-corrected chi connectivity index (χ0v) is 18.3. The van der Waals surface area contributed by atoms with Crippen LogP contribution in [-0.4, -0.2) is 34.9 Å². The summed E-state index contributed by atoms with van der Waals surface area (Å²) in [5, 5.41) is 0. The Morgan fingerprint density at radius 1 is 0.871 bits per heavy atom. The molecule has 0 radical (unpaired) electrons. The Morgan fingerprint density at radius 2 is 1.45 bits per heavy atom. The van der Waals surface area contributed by atoms with Gasteiger partial charge in [0.2, 0.25) is 0 Å². The summed E-state index contributed by atoms with van der Waals surface area (Å²) >= 11 is 0. The van der Waals surface area contributed by atoms with Gasteiger partial charge in [0.1, 0.15) is 5.75 Å². The van der Waals surface area contributed by atoms with Crippen LogP contribution < -0.4 is 4.74 Å². The largest absolute Gasteiger partial charge is 0.497 e. The Hall–Kier alpha value is -2.10. The highest BCUT2D eigenvalue weighted by Gasteiger charge is 2.41. The van der Waals surface area contributed by atoms with E-state index < -0.39 is 22.4 Å². The summed E-state index contributed by atoms with van der Waals surface area (Å²) in [6, 6.07) is 12.0. The van der Waals surface area contributed by atoms with Crippen LogP contribution in [0.2, 0.25) is 0 Å². The monoisotopic (exact) mass is 460 g/mol. The molecular formula is C22H27F3O5S. The second-order valence-corrected chi connectivity index (χ2v) is 8.68. The first-order valence-electron chi connectivity index (χ1n) is 9.92. The standard InChI is InChI=1S/C22H27F3O5S/c1-17-7-13-20(14-8-17)31(26,27)30-16-6-4-3-5-15-29-21(22(23,24)25)18-9-11-19(28-2)12-10-18/h7-14,21H,3-6,15-16H2,1-2H3/t21-/m1/s1. The van der Waals surface area contributed by atoms with Crippen molar-refractivity contribution in [1.82, 2.24) is 0 Å². The van der Waals surface area contributed by atoms with E-state index >= 15 is 0 Å². The van der Waals surface area contributed by atoms with E-state index in [0.717, 1.165) is 5.56 Å². The molecule has 0 amide bonds. The number of halogens is 3. The van der Waals surface area contributed by atoms with Crippen LogP contribution in [0.25, 0.3) is 0 Å². The van der Waals surface area contributed by atoms with Crippen molar-refractivity contribution in [2.45, 2.75) is 49.8 Å². The predicted molar refractivity (Wildman–Crippen MR) is 111 cm³/mol. The van der Waals surface area contributed by atoms with Crippen molar-refractivity contribution in [2.75, 3.05) is 20.3 Å².